The number of aromatic amines is 1. The number of hydrogen-bond acceptors (Lipinski definition) is 4. The second kappa shape index (κ2) is 5.18. The first-order valence-corrected chi connectivity index (χ1v) is 7.24. The minimum Gasteiger partial charge on any atom is -0.497 e. The molecular weight excluding hydrogens is 276 g/mol. The fourth-order valence-electron chi connectivity index (χ4n) is 2.70. The van der Waals surface area contributed by atoms with E-state index >= 15 is 0 Å². The van der Waals surface area contributed by atoms with Crippen molar-refractivity contribution in [3.05, 3.63) is 59.9 Å². The van der Waals surface area contributed by atoms with Gasteiger partial charge in [-0.15, -0.1) is 0 Å². The predicted molar refractivity (Wildman–Crippen MR) is 86.1 cm³/mol. The van der Waals surface area contributed by atoms with Crippen molar-refractivity contribution in [1.82, 2.24) is 15.4 Å². The second-order valence-corrected chi connectivity index (χ2v) is 5.31. The zero-order valence-corrected chi connectivity index (χ0v) is 12.2. The maximum Gasteiger partial charge on any atom is 0.131 e. The molecule has 1 atom stereocenters. The molecule has 22 heavy (non-hydrogen) atoms. The first-order valence-electron chi connectivity index (χ1n) is 7.24. The summed E-state index contributed by atoms with van der Waals surface area (Å²) >= 11 is 0. The van der Waals surface area contributed by atoms with Crippen molar-refractivity contribution >= 4 is 16.7 Å². The molecule has 1 aliphatic heterocycles. The number of aromatic nitrogens is 2. The number of hydrogen-bond donors (Lipinski definition) is 2. The number of methoxy groups -OCH3 is 1. The Morgan fingerprint density at radius 3 is 2.68 bits per heavy atom. The van der Waals surface area contributed by atoms with Gasteiger partial charge >= 0.3 is 0 Å². The van der Waals surface area contributed by atoms with E-state index in [0.717, 1.165) is 40.3 Å². The first-order chi connectivity index (χ1) is 10.8. The van der Waals surface area contributed by atoms with Crippen molar-refractivity contribution in [3.8, 4) is 5.75 Å². The molecule has 0 fully saturated rings. The van der Waals surface area contributed by atoms with Crippen LogP contribution in [-0.2, 0) is 0 Å². The van der Waals surface area contributed by atoms with E-state index < -0.39 is 0 Å². The third-order valence-electron chi connectivity index (χ3n) is 3.91. The molecule has 2 heterocycles. The molecule has 0 aliphatic carbocycles. The van der Waals surface area contributed by atoms with Crippen LogP contribution in [0.3, 0.4) is 0 Å². The fourth-order valence-corrected chi connectivity index (χ4v) is 2.70. The lowest BCUT2D eigenvalue weighted by atomic mass is 10.0. The Morgan fingerprint density at radius 1 is 1.09 bits per heavy atom. The number of benzene rings is 2. The third kappa shape index (κ3) is 2.20. The van der Waals surface area contributed by atoms with Gasteiger partial charge in [-0.25, -0.2) is 4.98 Å². The monoisotopic (exact) mass is 292 g/mol. The predicted octanol–water partition coefficient (Wildman–Crippen LogP) is 3.01. The van der Waals surface area contributed by atoms with Gasteiger partial charge in [0, 0.05) is 6.42 Å². The first kappa shape index (κ1) is 12.9. The number of H-pyrrole nitrogens is 1. The molecule has 0 saturated heterocycles. The molecule has 1 unspecified atom stereocenters. The van der Waals surface area contributed by atoms with E-state index in [9.17, 15) is 0 Å². The van der Waals surface area contributed by atoms with Gasteiger partial charge in [0.15, 0.2) is 0 Å². The molecule has 4 rings (SSSR count). The standard InChI is InChI=1S/C17H16N4O/c1-22-12-8-6-11(7-9-12)15-10-16(21-20-15)17-18-13-4-2-3-5-14(13)19-17/h2-9,16,21H,10H2,1H3,(H,18,19). The largest absolute Gasteiger partial charge is 0.497 e. The van der Waals surface area contributed by atoms with Crippen molar-refractivity contribution in [2.24, 2.45) is 5.10 Å². The smallest absolute Gasteiger partial charge is 0.131 e. The van der Waals surface area contributed by atoms with Gasteiger partial charge in [0.1, 0.15) is 17.6 Å². The number of fused-ring (bicyclic) bond motifs is 1. The highest BCUT2D eigenvalue weighted by atomic mass is 16.5. The van der Waals surface area contributed by atoms with Crippen LogP contribution in [-0.4, -0.2) is 22.8 Å². The average Bonchev–Trinajstić information content (AvgIpc) is 3.21. The molecule has 2 N–H and O–H groups in total. The molecule has 110 valence electrons. The Hall–Kier alpha value is -2.82. The maximum atomic E-state index is 5.19. The molecule has 2 aromatic carbocycles. The second-order valence-electron chi connectivity index (χ2n) is 5.31. The minimum absolute atomic E-state index is 0.0875. The van der Waals surface area contributed by atoms with E-state index in [2.05, 4.69) is 20.5 Å². The van der Waals surface area contributed by atoms with E-state index in [4.69, 9.17) is 4.74 Å². The summed E-state index contributed by atoms with van der Waals surface area (Å²) in [6.45, 7) is 0. The van der Waals surface area contributed by atoms with Crippen LogP contribution >= 0.6 is 0 Å². The van der Waals surface area contributed by atoms with Crippen LogP contribution in [0, 0.1) is 0 Å². The molecular formula is C17H16N4O. The minimum atomic E-state index is 0.0875. The SMILES string of the molecule is COc1ccc(C2=NNC(c3nc4ccccc4[nH]3)C2)cc1. The average molecular weight is 292 g/mol. The molecule has 0 amide bonds. The lowest BCUT2D eigenvalue weighted by molar-refractivity contribution is 0.415. The van der Waals surface area contributed by atoms with Crippen molar-refractivity contribution in [2.75, 3.05) is 7.11 Å². The van der Waals surface area contributed by atoms with Gasteiger partial charge in [-0.1, -0.05) is 12.1 Å². The van der Waals surface area contributed by atoms with Crippen LogP contribution in [0.5, 0.6) is 5.75 Å². The maximum absolute atomic E-state index is 5.19. The van der Waals surface area contributed by atoms with E-state index in [1.807, 2.05) is 48.5 Å². The number of imidazole rings is 1. The summed E-state index contributed by atoms with van der Waals surface area (Å²) in [7, 11) is 1.67. The normalized spacial score (nSPS) is 17.3. The summed E-state index contributed by atoms with van der Waals surface area (Å²) in [5, 5.41) is 4.46. The highest BCUT2D eigenvalue weighted by molar-refractivity contribution is 6.01. The van der Waals surface area contributed by atoms with Crippen LogP contribution < -0.4 is 10.2 Å². The Bertz CT molecular complexity index is 802. The van der Waals surface area contributed by atoms with Crippen LogP contribution in [0.15, 0.2) is 53.6 Å². The lowest BCUT2D eigenvalue weighted by Gasteiger charge is -2.05. The number of hydrazone groups is 1. The van der Waals surface area contributed by atoms with Crippen LogP contribution in [0.2, 0.25) is 0 Å². The number of nitrogens with one attached hydrogen (secondary N) is 2. The van der Waals surface area contributed by atoms with Gasteiger partial charge in [-0.05, 0) is 42.0 Å². The summed E-state index contributed by atoms with van der Waals surface area (Å²) in [6.07, 6.45) is 0.812. The van der Waals surface area contributed by atoms with Crippen molar-refractivity contribution < 1.29 is 4.74 Å². The number of rotatable bonds is 3. The Balaban J connectivity index is 1.55. The van der Waals surface area contributed by atoms with E-state index in [1.54, 1.807) is 7.11 Å². The molecule has 0 radical (unpaired) electrons. The fraction of sp³-hybridized carbons (Fsp3) is 0.176. The van der Waals surface area contributed by atoms with Gasteiger partial charge in [-0.2, -0.15) is 5.10 Å². The number of ether oxygens (including phenoxy) is 1. The van der Waals surface area contributed by atoms with Crippen molar-refractivity contribution in [2.45, 2.75) is 12.5 Å². The zero-order valence-electron chi connectivity index (χ0n) is 12.2. The van der Waals surface area contributed by atoms with Crippen molar-refractivity contribution in [1.29, 1.82) is 0 Å². The van der Waals surface area contributed by atoms with Gasteiger partial charge in [-0.3, -0.25) is 5.43 Å². The van der Waals surface area contributed by atoms with Crippen LogP contribution in [0.4, 0.5) is 0 Å². The molecule has 5 nitrogen and oxygen atoms in total. The summed E-state index contributed by atoms with van der Waals surface area (Å²) < 4.78 is 5.19. The van der Waals surface area contributed by atoms with Gasteiger partial charge < -0.3 is 9.72 Å². The van der Waals surface area contributed by atoms with E-state index in [0.29, 0.717) is 0 Å². The summed E-state index contributed by atoms with van der Waals surface area (Å²) in [5.74, 6) is 1.78. The van der Waals surface area contributed by atoms with Gasteiger partial charge in [0.05, 0.1) is 23.9 Å². The van der Waals surface area contributed by atoms with Crippen LogP contribution in [0.1, 0.15) is 23.9 Å². The molecule has 1 aromatic heterocycles. The summed E-state index contributed by atoms with van der Waals surface area (Å²) in [5.41, 5.74) is 7.35. The Morgan fingerprint density at radius 2 is 1.91 bits per heavy atom. The van der Waals surface area contributed by atoms with E-state index in [-0.39, 0.29) is 6.04 Å². The molecule has 1 aliphatic rings. The highest BCUT2D eigenvalue weighted by Crippen LogP contribution is 2.25. The van der Waals surface area contributed by atoms with Crippen LogP contribution in [0.25, 0.3) is 11.0 Å². The Labute approximate surface area is 128 Å². The van der Waals surface area contributed by atoms with Gasteiger partial charge in [0.25, 0.3) is 0 Å². The van der Waals surface area contributed by atoms with Gasteiger partial charge in [0.2, 0.25) is 0 Å². The lowest BCUT2D eigenvalue weighted by Crippen LogP contribution is -2.11. The molecule has 5 heteroatoms. The van der Waals surface area contributed by atoms with Crippen molar-refractivity contribution in [3.63, 3.8) is 0 Å². The third-order valence-corrected chi connectivity index (χ3v) is 3.91. The highest BCUT2D eigenvalue weighted by Gasteiger charge is 2.23. The Kier molecular flexibility index (Phi) is 3.04. The molecule has 0 saturated carbocycles. The van der Waals surface area contributed by atoms with E-state index in [1.165, 1.54) is 0 Å². The zero-order chi connectivity index (χ0) is 14.9. The number of nitrogens with zero attached hydrogens (tertiary/aromatic N) is 2. The summed E-state index contributed by atoms with van der Waals surface area (Å²) in [6, 6.07) is 16.1. The molecule has 0 spiro atoms. The number of para-hydroxylation sites is 2. The summed E-state index contributed by atoms with van der Waals surface area (Å²) in [4.78, 5) is 8.00. The topological polar surface area (TPSA) is 62.3 Å². The quantitative estimate of drug-likeness (QED) is 0.780. The molecule has 0 bridgehead atoms. The molecule has 3 aromatic rings.